The molecule has 1 N–H and O–H groups in total. The van der Waals surface area contributed by atoms with E-state index in [4.69, 9.17) is 5.11 Å². The van der Waals surface area contributed by atoms with E-state index in [0.29, 0.717) is 12.2 Å². The van der Waals surface area contributed by atoms with E-state index in [1.54, 1.807) is 6.08 Å². The zero-order chi connectivity index (χ0) is 7.11. The van der Waals surface area contributed by atoms with E-state index in [0.717, 1.165) is 6.42 Å². The molecular formula is C8H14O. The standard InChI is InChI=1S/C8H14O/c1-3-5-6-7-8(9)4-2/h5-7,9H,3-4H2,1-2H3/b6-5+,8-7-. The molecule has 0 saturated carbocycles. The Kier molecular flexibility index (Phi) is 4.98. The van der Waals surface area contributed by atoms with E-state index < -0.39 is 0 Å². The van der Waals surface area contributed by atoms with Crippen LogP contribution in [0.25, 0.3) is 0 Å². The monoisotopic (exact) mass is 126 g/mol. The van der Waals surface area contributed by atoms with Crippen molar-refractivity contribution in [2.45, 2.75) is 26.7 Å². The van der Waals surface area contributed by atoms with Crippen LogP contribution in [0.4, 0.5) is 0 Å². The van der Waals surface area contributed by atoms with Gasteiger partial charge >= 0.3 is 0 Å². The smallest absolute Gasteiger partial charge is 0.0919 e. The highest BCUT2D eigenvalue weighted by Gasteiger charge is 1.79. The molecule has 1 nitrogen and oxygen atoms in total. The predicted octanol–water partition coefficient (Wildman–Crippen LogP) is 2.80. The molecule has 0 amide bonds. The van der Waals surface area contributed by atoms with E-state index in [9.17, 15) is 0 Å². The van der Waals surface area contributed by atoms with Gasteiger partial charge in [-0.05, 0) is 12.5 Å². The summed E-state index contributed by atoms with van der Waals surface area (Å²) in [5.74, 6) is 0.444. The first-order valence-electron chi connectivity index (χ1n) is 3.35. The average Bonchev–Trinajstić information content (AvgIpc) is 1.89. The molecule has 52 valence electrons. The molecule has 0 saturated heterocycles. The lowest BCUT2D eigenvalue weighted by Gasteiger charge is -1.87. The lowest BCUT2D eigenvalue weighted by molar-refractivity contribution is 0.395. The van der Waals surface area contributed by atoms with Crippen molar-refractivity contribution in [1.82, 2.24) is 0 Å². The number of rotatable bonds is 3. The van der Waals surface area contributed by atoms with Crippen LogP contribution in [-0.4, -0.2) is 5.11 Å². The third-order valence-electron chi connectivity index (χ3n) is 1.02. The zero-order valence-corrected chi connectivity index (χ0v) is 6.09. The van der Waals surface area contributed by atoms with Crippen LogP contribution in [-0.2, 0) is 0 Å². The number of hydrogen-bond acceptors (Lipinski definition) is 1. The van der Waals surface area contributed by atoms with E-state index in [2.05, 4.69) is 6.92 Å². The van der Waals surface area contributed by atoms with Crippen LogP contribution in [0.5, 0.6) is 0 Å². The third kappa shape index (κ3) is 5.15. The van der Waals surface area contributed by atoms with Crippen molar-refractivity contribution in [3.63, 3.8) is 0 Å². The molecule has 0 aromatic rings. The molecule has 0 radical (unpaired) electrons. The Labute approximate surface area is 56.7 Å². The van der Waals surface area contributed by atoms with E-state index in [-0.39, 0.29) is 0 Å². The summed E-state index contributed by atoms with van der Waals surface area (Å²) in [6.07, 6.45) is 7.34. The van der Waals surface area contributed by atoms with Crippen LogP contribution >= 0.6 is 0 Å². The molecule has 0 bridgehead atoms. The summed E-state index contributed by atoms with van der Waals surface area (Å²) in [4.78, 5) is 0. The summed E-state index contributed by atoms with van der Waals surface area (Å²) >= 11 is 0. The van der Waals surface area contributed by atoms with Crippen LogP contribution in [0.15, 0.2) is 24.0 Å². The minimum atomic E-state index is 0.444. The zero-order valence-electron chi connectivity index (χ0n) is 6.09. The fourth-order valence-electron chi connectivity index (χ4n) is 0.433. The molecule has 0 unspecified atom stereocenters. The van der Waals surface area contributed by atoms with Gasteiger partial charge in [0.15, 0.2) is 0 Å². The van der Waals surface area contributed by atoms with Gasteiger partial charge in [0.2, 0.25) is 0 Å². The molecule has 0 aromatic carbocycles. The van der Waals surface area contributed by atoms with Crippen molar-refractivity contribution in [3.05, 3.63) is 24.0 Å². The van der Waals surface area contributed by atoms with Crippen LogP contribution in [0.3, 0.4) is 0 Å². The molecule has 1 heteroatoms. The maximum Gasteiger partial charge on any atom is 0.0919 e. The molecular weight excluding hydrogens is 112 g/mol. The summed E-state index contributed by atoms with van der Waals surface area (Å²) < 4.78 is 0. The molecule has 0 spiro atoms. The van der Waals surface area contributed by atoms with Crippen molar-refractivity contribution >= 4 is 0 Å². The van der Waals surface area contributed by atoms with Crippen molar-refractivity contribution in [1.29, 1.82) is 0 Å². The Morgan fingerprint density at radius 3 is 2.56 bits per heavy atom. The average molecular weight is 126 g/mol. The van der Waals surface area contributed by atoms with E-state index >= 15 is 0 Å². The van der Waals surface area contributed by atoms with E-state index in [1.807, 2.05) is 19.1 Å². The number of allylic oxidation sites excluding steroid dienone is 4. The molecule has 0 aromatic heterocycles. The molecule has 0 aliphatic carbocycles. The van der Waals surface area contributed by atoms with Gasteiger partial charge in [0, 0.05) is 6.42 Å². The molecule has 9 heavy (non-hydrogen) atoms. The summed E-state index contributed by atoms with van der Waals surface area (Å²) in [5, 5.41) is 8.89. The van der Waals surface area contributed by atoms with Crippen molar-refractivity contribution in [2.24, 2.45) is 0 Å². The van der Waals surface area contributed by atoms with Gasteiger partial charge in [-0.3, -0.25) is 0 Å². The highest BCUT2D eigenvalue weighted by molar-refractivity contribution is 5.05. The van der Waals surface area contributed by atoms with Gasteiger partial charge < -0.3 is 5.11 Å². The Balaban J connectivity index is 3.55. The van der Waals surface area contributed by atoms with Gasteiger partial charge in [0.25, 0.3) is 0 Å². The maximum absolute atomic E-state index is 8.89. The highest BCUT2D eigenvalue weighted by Crippen LogP contribution is 1.94. The summed E-state index contributed by atoms with van der Waals surface area (Å²) in [6.45, 7) is 3.99. The number of aliphatic hydroxyl groups excluding tert-OH is 1. The van der Waals surface area contributed by atoms with Crippen LogP contribution in [0.1, 0.15) is 26.7 Å². The number of hydrogen-bond donors (Lipinski definition) is 1. The fraction of sp³-hybridized carbons (Fsp3) is 0.500. The minimum absolute atomic E-state index is 0.444. The first-order chi connectivity index (χ1) is 4.31. The SMILES string of the molecule is CC/C=C/C=C(\O)CC. The normalized spacial score (nSPS) is 12.9. The van der Waals surface area contributed by atoms with Crippen LogP contribution in [0, 0.1) is 0 Å². The molecule has 0 rings (SSSR count). The van der Waals surface area contributed by atoms with E-state index in [1.165, 1.54) is 0 Å². The second kappa shape index (κ2) is 5.42. The fourth-order valence-corrected chi connectivity index (χ4v) is 0.433. The molecule has 0 atom stereocenters. The molecule has 0 aliphatic rings. The highest BCUT2D eigenvalue weighted by atomic mass is 16.3. The van der Waals surface area contributed by atoms with Crippen molar-refractivity contribution < 1.29 is 5.11 Å². The quantitative estimate of drug-likeness (QED) is 0.455. The van der Waals surface area contributed by atoms with Gasteiger partial charge in [0.1, 0.15) is 0 Å². The minimum Gasteiger partial charge on any atom is -0.512 e. The Morgan fingerprint density at radius 1 is 1.44 bits per heavy atom. The van der Waals surface area contributed by atoms with Crippen LogP contribution < -0.4 is 0 Å². The topological polar surface area (TPSA) is 20.2 Å². The van der Waals surface area contributed by atoms with Gasteiger partial charge in [-0.25, -0.2) is 0 Å². The third-order valence-corrected chi connectivity index (χ3v) is 1.02. The second-order valence-electron chi connectivity index (χ2n) is 1.85. The number of aliphatic hydroxyl groups is 1. The molecule has 0 aliphatic heterocycles. The largest absolute Gasteiger partial charge is 0.512 e. The van der Waals surface area contributed by atoms with Crippen molar-refractivity contribution in [2.75, 3.05) is 0 Å². The summed E-state index contributed by atoms with van der Waals surface area (Å²) in [7, 11) is 0. The Bertz CT molecular complexity index is 112. The first-order valence-corrected chi connectivity index (χ1v) is 3.35. The Hall–Kier alpha value is -0.720. The van der Waals surface area contributed by atoms with Gasteiger partial charge in [0.05, 0.1) is 5.76 Å². The molecule has 0 heterocycles. The molecule has 0 fully saturated rings. The van der Waals surface area contributed by atoms with Gasteiger partial charge in [-0.2, -0.15) is 0 Å². The lowest BCUT2D eigenvalue weighted by atomic mass is 10.3. The lowest BCUT2D eigenvalue weighted by Crippen LogP contribution is -1.72. The van der Waals surface area contributed by atoms with Crippen molar-refractivity contribution in [3.8, 4) is 0 Å². The van der Waals surface area contributed by atoms with Gasteiger partial charge in [-0.1, -0.05) is 26.0 Å². The second-order valence-corrected chi connectivity index (χ2v) is 1.85. The predicted molar refractivity (Wildman–Crippen MR) is 40.4 cm³/mol. The Morgan fingerprint density at radius 2 is 2.11 bits per heavy atom. The van der Waals surface area contributed by atoms with Gasteiger partial charge in [-0.15, -0.1) is 0 Å². The van der Waals surface area contributed by atoms with Crippen LogP contribution in [0.2, 0.25) is 0 Å². The first kappa shape index (κ1) is 8.28. The summed E-state index contributed by atoms with van der Waals surface area (Å²) in [6, 6.07) is 0. The maximum atomic E-state index is 8.89. The summed E-state index contributed by atoms with van der Waals surface area (Å²) in [5.41, 5.74) is 0.